The first-order valence-corrected chi connectivity index (χ1v) is 10.1. The number of carbonyl (C=O) groups excluding carboxylic acids is 1. The number of aliphatic imine (C=N–C) groups is 1. The minimum Gasteiger partial charge on any atom is -0.309 e. The first kappa shape index (κ1) is 16.9. The summed E-state index contributed by atoms with van der Waals surface area (Å²) in [5, 5.41) is 0. The largest absolute Gasteiger partial charge is 0.309 e. The molecule has 4 rings (SSSR count). The second kappa shape index (κ2) is 5.99. The Labute approximate surface area is 153 Å². The second-order valence-electron chi connectivity index (χ2n) is 8.10. The number of thioether (sulfide) groups is 1. The first-order valence-electron chi connectivity index (χ1n) is 8.90. The van der Waals surface area contributed by atoms with E-state index in [-0.39, 0.29) is 29.1 Å². The monoisotopic (exact) mass is 355 g/mol. The fourth-order valence-electron chi connectivity index (χ4n) is 4.50. The van der Waals surface area contributed by atoms with Crippen LogP contribution in [-0.2, 0) is 4.79 Å². The Balaban J connectivity index is 1.92. The molecule has 3 aliphatic rings. The summed E-state index contributed by atoms with van der Waals surface area (Å²) in [5.41, 5.74) is 9.76. The van der Waals surface area contributed by atoms with Crippen molar-refractivity contribution in [3.63, 3.8) is 0 Å². The van der Waals surface area contributed by atoms with Gasteiger partial charge in [0.15, 0.2) is 5.78 Å². The summed E-state index contributed by atoms with van der Waals surface area (Å²) in [5.74, 6) is 1.51. The van der Waals surface area contributed by atoms with Gasteiger partial charge in [0.25, 0.3) is 0 Å². The molecule has 0 radical (unpaired) electrons. The van der Waals surface area contributed by atoms with Crippen LogP contribution in [0.25, 0.3) is 0 Å². The summed E-state index contributed by atoms with van der Waals surface area (Å²) >= 11 is 1.75. The van der Waals surface area contributed by atoms with E-state index in [2.05, 4.69) is 62.1 Å². The van der Waals surface area contributed by atoms with Crippen LogP contribution in [0.4, 0.5) is 0 Å². The smallest absolute Gasteiger partial charge is 0.161 e. The van der Waals surface area contributed by atoms with Crippen molar-refractivity contribution >= 4 is 23.4 Å². The third kappa shape index (κ3) is 2.74. The molecule has 1 aromatic carbocycles. The zero-order chi connectivity index (χ0) is 17.8. The molecule has 0 aromatic heterocycles. The van der Waals surface area contributed by atoms with Crippen molar-refractivity contribution in [2.75, 3.05) is 6.26 Å². The fourth-order valence-corrected chi connectivity index (χ4v) is 5.14. The van der Waals surface area contributed by atoms with Crippen LogP contribution >= 0.6 is 11.8 Å². The summed E-state index contributed by atoms with van der Waals surface area (Å²) in [6.07, 6.45) is 3.57. The van der Waals surface area contributed by atoms with Crippen molar-refractivity contribution in [2.45, 2.75) is 50.5 Å². The van der Waals surface area contributed by atoms with Gasteiger partial charge in [0.05, 0.1) is 5.70 Å². The van der Waals surface area contributed by atoms with Gasteiger partial charge in [-0.2, -0.15) is 0 Å². The maximum Gasteiger partial charge on any atom is 0.161 e. The van der Waals surface area contributed by atoms with E-state index in [0.29, 0.717) is 6.42 Å². The Hall–Kier alpha value is -1.59. The molecule has 0 bridgehead atoms. The zero-order valence-corrected chi connectivity index (χ0v) is 16.0. The van der Waals surface area contributed by atoms with E-state index >= 15 is 0 Å². The number of nitrogens with one attached hydrogen (secondary N) is 2. The van der Waals surface area contributed by atoms with Gasteiger partial charge in [0, 0.05) is 34.8 Å². The fraction of sp³-hybridized carbons (Fsp3) is 0.500. The standard InChI is InChI=1S/C20H25N3OS/c1-11-16-17(12-7-5-6-8-15(12)25-4)18-13(21-19(16)23-22-11)9-20(2,3)10-14(18)24/h5-8,11,16-17,22H,9-10H2,1-4H3,(H,21,23). The van der Waals surface area contributed by atoms with E-state index in [0.717, 1.165) is 23.5 Å². The third-order valence-corrected chi connectivity index (χ3v) is 6.39. The van der Waals surface area contributed by atoms with Crippen LogP contribution in [-0.4, -0.2) is 23.9 Å². The van der Waals surface area contributed by atoms with Crippen LogP contribution in [0, 0.1) is 11.3 Å². The molecule has 25 heavy (non-hydrogen) atoms. The number of allylic oxidation sites excluding steroid dienone is 2. The van der Waals surface area contributed by atoms with Crippen LogP contribution in [0.5, 0.6) is 0 Å². The van der Waals surface area contributed by atoms with Crippen molar-refractivity contribution < 1.29 is 4.79 Å². The molecule has 132 valence electrons. The van der Waals surface area contributed by atoms with Gasteiger partial charge in [-0.15, -0.1) is 11.8 Å². The van der Waals surface area contributed by atoms with Crippen LogP contribution in [0.15, 0.2) is 45.4 Å². The molecular formula is C20H25N3OS. The van der Waals surface area contributed by atoms with Gasteiger partial charge >= 0.3 is 0 Å². The maximum atomic E-state index is 13.1. The highest BCUT2D eigenvalue weighted by Gasteiger charge is 2.48. The van der Waals surface area contributed by atoms with E-state index in [4.69, 9.17) is 4.99 Å². The molecule has 2 heterocycles. The molecule has 4 nitrogen and oxygen atoms in total. The Kier molecular flexibility index (Phi) is 4.04. The Morgan fingerprint density at radius 3 is 2.76 bits per heavy atom. The molecule has 5 heteroatoms. The van der Waals surface area contributed by atoms with Gasteiger partial charge in [-0.1, -0.05) is 32.0 Å². The number of fused-ring (bicyclic) bond motifs is 1. The first-order chi connectivity index (χ1) is 11.9. The van der Waals surface area contributed by atoms with Gasteiger partial charge in [-0.25, -0.2) is 10.4 Å². The quantitative estimate of drug-likeness (QED) is 0.795. The lowest BCUT2D eigenvalue weighted by Crippen LogP contribution is -2.38. The van der Waals surface area contributed by atoms with E-state index in [1.807, 2.05) is 0 Å². The highest BCUT2D eigenvalue weighted by Crippen LogP contribution is 2.50. The normalized spacial score (nSPS) is 30.5. The van der Waals surface area contributed by atoms with Gasteiger partial charge in [-0.05, 0) is 36.6 Å². The third-order valence-electron chi connectivity index (χ3n) is 5.58. The van der Waals surface area contributed by atoms with Crippen LogP contribution in [0.2, 0.25) is 0 Å². The minimum atomic E-state index is -0.0198. The number of hydrazine groups is 1. The lowest BCUT2D eigenvalue weighted by molar-refractivity contribution is -0.118. The molecule has 1 aromatic rings. The molecule has 3 atom stereocenters. The highest BCUT2D eigenvalue weighted by atomic mass is 32.2. The molecular weight excluding hydrogens is 330 g/mol. The van der Waals surface area contributed by atoms with Crippen molar-refractivity contribution in [3.8, 4) is 0 Å². The highest BCUT2D eigenvalue weighted by molar-refractivity contribution is 7.98. The average molecular weight is 356 g/mol. The number of carbonyl (C=O) groups is 1. The topological polar surface area (TPSA) is 53.5 Å². The van der Waals surface area contributed by atoms with Gasteiger partial charge < -0.3 is 5.43 Å². The van der Waals surface area contributed by atoms with Crippen LogP contribution in [0.1, 0.15) is 45.1 Å². The lowest BCUT2D eigenvalue weighted by atomic mass is 9.66. The lowest BCUT2D eigenvalue weighted by Gasteiger charge is -2.39. The van der Waals surface area contributed by atoms with Crippen molar-refractivity contribution in [2.24, 2.45) is 16.3 Å². The molecule has 2 N–H and O–H groups in total. The summed E-state index contributed by atoms with van der Waals surface area (Å²) in [6, 6.07) is 8.72. The molecule has 2 aliphatic heterocycles. The maximum absolute atomic E-state index is 13.1. The molecule has 0 saturated carbocycles. The number of ketones is 1. The Morgan fingerprint density at radius 2 is 2.00 bits per heavy atom. The van der Waals surface area contributed by atoms with Gasteiger partial charge in [0.1, 0.15) is 5.84 Å². The van der Waals surface area contributed by atoms with Gasteiger partial charge in [0.2, 0.25) is 0 Å². The van der Waals surface area contributed by atoms with Gasteiger partial charge in [-0.3, -0.25) is 4.79 Å². The molecule has 1 fully saturated rings. The SMILES string of the molecule is CSc1ccccc1C1C2=C(CC(C)(C)CC2=O)N=C2NNC(C)C21. The minimum absolute atomic E-state index is 0.0198. The summed E-state index contributed by atoms with van der Waals surface area (Å²) < 4.78 is 0. The van der Waals surface area contributed by atoms with Crippen molar-refractivity contribution in [1.82, 2.24) is 10.9 Å². The van der Waals surface area contributed by atoms with Crippen LogP contribution in [0.3, 0.4) is 0 Å². The van der Waals surface area contributed by atoms with E-state index < -0.39 is 0 Å². The summed E-state index contributed by atoms with van der Waals surface area (Å²) in [6.45, 7) is 6.49. The molecule has 0 amide bonds. The zero-order valence-electron chi connectivity index (χ0n) is 15.2. The van der Waals surface area contributed by atoms with E-state index in [9.17, 15) is 4.79 Å². The van der Waals surface area contributed by atoms with Crippen LogP contribution < -0.4 is 10.9 Å². The Bertz CT molecular complexity index is 796. The molecule has 1 aliphatic carbocycles. The van der Waals surface area contributed by atoms with E-state index in [1.54, 1.807) is 11.8 Å². The predicted octanol–water partition coefficient (Wildman–Crippen LogP) is 3.66. The molecule has 3 unspecified atom stereocenters. The Morgan fingerprint density at radius 1 is 1.24 bits per heavy atom. The number of amidine groups is 1. The number of rotatable bonds is 2. The number of hydrogen-bond acceptors (Lipinski definition) is 5. The number of hydrogen-bond donors (Lipinski definition) is 2. The average Bonchev–Trinajstić information content (AvgIpc) is 2.92. The molecule has 1 saturated heterocycles. The molecule has 0 spiro atoms. The summed E-state index contributed by atoms with van der Waals surface area (Å²) in [7, 11) is 0. The van der Waals surface area contributed by atoms with Crippen molar-refractivity contribution in [3.05, 3.63) is 41.1 Å². The van der Waals surface area contributed by atoms with E-state index in [1.165, 1.54) is 10.5 Å². The second-order valence-corrected chi connectivity index (χ2v) is 8.95. The van der Waals surface area contributed by atoms with Crippen molar-refractivity contribution in [1.29, 1.82) is 0 Å². The number of Topliss-reactive ketones (excluding diaryl/α,β-unsaturated/α-hetero) is 1. The summed E-state index contributed by atoms with van der Waals surface area (Å²) in [4.78, 5) is 19.3. The number of nitrogens with zero attached hydrogens (tertiary/aromatic N) is 1. The number of benzene rings is 1. The predicted molar refractivity (Wildman–Crippen MR) is 103 cm³/mol.